The largest absolute Gasteiger partial charge is 0.381 e. The van der Waals surface area contributed by atoms with Crippen LogP contribution in [0.3, 0.4) is 0 Å². The quantitative estimate of drug-likeness (QED) is 0.557. The lowest BCUT2D eigenvalue weighted by molar-refractivity contribution is -0.147. The average Bonchev–Trinajstić information content (AvgIpc) is 3.32. The molecule has 222 valence electrons. The summed E-state index contributed by atoms with van der Waals surface area (Å²) in [7, 11) is 0. The zero-order valence-electron chi connectivity index (χ0n) is 24.4. The Hall–Kier alpha value is -2.23. The Kier molecular flexibility index (Phi) is 9.78. The molecule has 3 aliphatic heterocycles. The minimum atomic E-state index is -0.609. The van der Waals surface area contributed by atoms with Crippen LogP contribution in [-0.2, 0) is 19.1 Å². The highest BCUT2D eigenvalue weighted by Crippen LogP contribution is 2.38. The van der Waals surface area contributed by atoms with Crippen LogP contribution in [0, 0.1) is 17.2 Å². The Labute approximate surface area is 242 Å². The van der Waals surface area contributed by atoms with E-state index in [1.54, 1.807) is 17.0 Å². The smallest absolute Gasteiger partial charge is 0.245 e. The molecule has 1 N–H and O–H groups in total. The minimum absolute atomic E-state index is 0.000890. The van der Waals surface area contributed by atoms with Crippen molar-refractivity contribution in [2.75, 3.05) is 45.9 Å². The molecular weight excluding hydrogens is 535 g/mol. The second kappa shape index (κ2) is 12.7. The zero-order valence-corrected chi connectivity index (χ0v) is 25.2. The van der Waals surface area contributed by atoms with Crippen molar-refractivity contribution >= 4 is 29.3 Å². The predicted molar refractivity (Wildman–Crippen MR) is 152 cm³/mol. The highest BCUT2D eigenvalue weighted by Gasteiger charge is 2.45. The first-order chi connectivity index (χ1) is 18.8. The van der Waals surface area contributed by atoms with Gasteiger partial charge in [-0.25, -0.2) is 4.39 Å². The molecule has 0 radical (unpaired) electrons. The number of hydrogen-bond acceptors (Lipinski definition) is 5. The molecule has 0 saturated carbocycles. The first kappa shape index (κ1) is 30.7. The molecule has 0 unspecified atom stereocenters. The Morgan fingerprint density at radius 2 is 1.82 bits per heavy atom. The van der Waals surface area contributed by atoms with Crippen LogP contribution in [0.2, 0.25) is 5.02 Å². The van der Waals surface area contributed by atoms with Crippen LogP contribution < -0.4 is 5.32 Å². The summed E-state index contributed by atoms with van der Waals surface area (Å²) in [6.45, 7) is 13.3. The highest BCUT2D eigenvalue weighted by atomic mass is 35.5. The van der Waals surface area contributed by atoms with E-state index in [0.29, 0.717) is 69.0 Å². The fourth-order valence-electron chi connectivity index (χ4n) is 6.53. The second-order valence-electron chi connectivity index (χ2n) is 12.9. The van der Waals surface area contributed by atoms with Crippen molar-refractivity contribution in [1.29, 1.82) is 0 Å². The number of likely N-dealkylation sites (tertiary alicyclic amines) is 1. The van der Waals surface area contributed by atoms with E-state index in [1.807, 2.05) is 32.6 Å². The number of carbonyl (C=O) groups excluding carboxylic acids is 3. The number of halogens is 2. The topological polar surface area (TPSA) is 82.2 Å². The van der Waals surface area contributed by atoms with Gasteiger partial charge >= 0.3 is 0 Å². The van der Waals surface area contributed by atoms with E-state index in [1.165, 1.54) is 13.0 Å². The van der Waals surface area contributed by atoms with Crippen LogP contribution in [0.4, 0.5) is 4.39 Å². The van der Waals surface area contributed by atoms with Crippen LogP contribution in [0.25, 0.3) is 0 Å². The van der Waals surface area contributed by atoms with Crippen molar-refractivity contribution in [1.82, 2.24) is 20.0 Å². The van der Waals surface area contributed by atoms with Gasteiger partial charge in [0.25, 0.3) is 0 Å². The first-order valence-electron chi connectivity index (χ1n) is 14.5. The summed E-state index contributed by atoms with van der Waals surface area (Å²) in [5, 5.41) is 3.17. The van der Waals surface area contributed by atoms with Gasteiger partial charge in [-0.05, 0) is 49.3 Å². The third-order valence-corrected chi connectivity index (χ3v) is 8.68. The molecule has 10 heteroatoms. The van der Waals surface area contributed by atoms with Gasteiger partial charge in [0.2, 0.25) is 17.7 Å². The van der Waals surface area contributed by atoms with E-state index in [4.69, 9.17) is 16.3 Å². The molecule has 8 nitrogen and oxygen atoms in total. The number of nitrogens with zero attached hydrogens (tertiary/aromatic N) is 3. The summed E-state index contributed by atoms with van der Waals surface area (Å²) < 4.78 is 20.7. The molecule has 4 rings (SSSR count). The summed E-state index contributed by atoms with van der Waals surface area (Å²) >= 11 is 6.04. The fourth-order valence-corrected chi connectivity index (χ4v) is 6.69. The molecular formula is C30H44ClFN4O4. The van der Waals surface area contributed by atoms with E-state index in [9.17, 15) is 14.4 Å². The lowest BCUT2D eigenvalue weighted by Crippen LogP contribution is -2.60. The monoisotopic (exact) mass is 578 g/mol. The minimum Gasteiger partial charge on any atom is -0.381 e. The van der Waals surface area contributed by atoms with Crippen LogP contribution in [0.15, 0.2) is 18.2 Å². The number of carbonyl (C=O) groups is 3. The van der Waals surface area contributed by atoms with Gasteiger partial charge in [0.1, 0.15) is 11.9 Å². The summed E-state index contributed by atoms with van der Waals surface area (Å²) in [5.74, 6) is -1.39. The second-order valence-corrected chi connectivity index (χ2v) is 13.3. The van der Waals surface area contributed by atoms with E-state index in [-0.39, 0.29) is 46.8 Å². The van der Waals surface area contributed by atoms with Gasteiger partial charge in [-0.15, -0.1) is 0 Å². The third-order valence-electron chi connectivity index (χ3n) is 8.45. The van der Waals surface area contributed by atoms with E-state index in [0.717, 1.165) is 12.8 Å². The molecule has 0 spiro atoms. The highest BCUT2D eigenvalue weighted by molar-refractivity contribution is 6.30. The Morgan fingerprint density at radius 1 is 1.12 bits per heavy atom. The number of piperazine rings is 1. The molecule has 40 heavy (non-hydrogen) atoms. The van der Waals surface area contributed by atoms with Crippen LogP contribution in [0.1, 0.15) is 65.4 Å². The summed E-state index contributed by atoms with van der Waals surface area (Å²) in [4.78, 5) is 45.4. The van der Waals surface area contributed by atoms with Gasteiger partial charge in [0.05, 0.1) is 5.92 Å². The molecule has 3 heterocycles. The van der Waals surface area contributed by atoms with Gasteiger partial charge < -0.3 is 19.9 Å². The van der Waals surface area contributed by atoms with Crippen molar-refractivity contribution in [2.45, 2.75) is 77.9 Å². The number of amides is 3. The standard InChI is InChI=1S/C30H44ClFN4O4/c1-19-16-34(10-11-36(19)29(39)27(33-20(2)37)15-30(3,4)5)28(38)25-18-35(22-8-12-40-13-9-22)17-24(25)23-7-6-21(31)14-26(23)32/h6-7,14,19,22,24-25,27H,8-13,15-18H2,1-5H3,(H,33,37)/t19-,24+,25-,27+/m1/s1. The van der Waals surface area contributed by atoms with Gasteiger partial charge in [0.15, 0.2) is 0 Å². The number of benzene rings is 1. The molecule has 3 fully saturated rings. The average molecular weight is 579 g/mol. The van der Waals surface area contributed by atoms with E-state index < -0.39 is 6.04 Å². The van der Waals surface area contributed by atoms with E-state index in [2.05, 4.69) is 10.2 Å². The number of rotatable bonds is 6. The summed E-state index contributed by atoms with van der Waals surface area (Å²) in [6, 6.07) is 4.22. The normalized spacial score (nSPS) is 25.6. The molecule has 0 aliphatic carbocycles. The molecule has 3 amide bonds. The molecule has 1 aromatic carbocycles. The lowest BCUT2D eigenvalue weighted by atomic mass is 9.86. The SMILES string of the molecule is CC(=O)N[C@@H](CC(C)(C)C)C(=O)N1CCN(C(=O)[C@@H]2CN(C3CCOCC3)C[C@H]2c2ccc(Cl)cc2F)C[C@H]1C. The molecule has 4 atom stereocenters. The Morgan fingerprint density at radius 3 is 2.42 bits per heavy atom. The molecule has 3 aliphatic rings. The van der Waals surface area contributed by atoms with Crippen molar-refractivity contribution < 1.29 is 23.5 Å². The summed E-state index contributed by atoms with van der Waals surface area (Å²) in [5.41, 5.74) is 0.383. The fraction of sp³-hybridized carbons (Fsp3) is 0.700. The number of hydrogen-bond donors (Lipinski definition) is 1. The maximum atomic E-state index is 15.1. The number of nitrogens with one attached hydrogen (secondary N) is 1. The van der Waals surface area contributed by atoms with Gasteiger partial charge in [-0.2, -0.15) is 0 Å². The Balaban J connectivity index is 1.49. The van der Waals surface area contributed by atoms with Crippen LogP contribution in [0.5, 0.6) is 0 Å². The Bertz CT molecular complexity index is 1090. The zero-order chi connectivity index (χ0) is 29.2. The van der Waals surface area contributed by atoms with Crippen molar-refractivity contribution in [2.24, 2.45) is 11.3 Å². The first-order valence-corrected chi connectivity index (χ1v) is 14.8. The van der Waals surface area contributed by atoms with Gasteiger partial charge in [-0.1, -0.05) is 38.4 Å². The van der Waals surface area contributed by atoms with Crippen LogP contribution >= 0.6 is 11.6 Å². The third kappa shape index (κ3) is 7.34. The molecule has 3 saturated heterocycles. The molecule has 0 aromatic heterocycles. The van der Waals surface area contributed by atoms with Crippen molar-refractivity contribution in [3.05, 3.63) is 34.6 Å². The van der Waals surface area contributed by atoms with Gasteiger partial charge in [-0.3, -0.25) is 19.3 Å². The van der Waals surface area contributed by atoms with Crippen molar-refractivity contribution in [3.63, 3.8) is 0 Å². The van der Waals surface area contributed by atoms with E-state index >= 15 is 4.39 Å². The number of ether oxygens (including phenoxy) is 1. The van der Waals surface area contributed by atoms with Crippen LogP contribution in [-0.4, -0.2) is 96.5 Å². The lowest BCUT2D eigenvalue weighted by Gasteiger charge is -2.43. The van der Waals surface area contributed by atoms with Crippen molar-refractivity contribution in [3.8, 4) is 0 Å². The molecule has 0 bridgehead atoms. The summed E-state index contributed by atoms with van der Waals surface area (Å²) in [6.07, 6.45) is 2.33. The maximum absolute atomic E-state index is 15.1. The maximum Gasteiger partial charge on any atom is 0.245 e. The van der Waals surface area contributed by atoms with Gasteiger partial charge in [0, 0.05) is 75.9 Å². The molecule has 1 aromatic rings. The predicted octanol–water partition coefficient (Wildman–Crippen LogP) is 3.67.